The second-order valence-electron chi connectivity index (χ2n) is 5.92. The number of aromatic nitrogens is 2. The minimum atomic E-state index is -0.609. The second kappa shape index (κ2) is 5.75. The number of carbonyl (C=O) groups is 1. The highest BCUT2D eigenvalue weighted by Crippen LogP contribution is 2.33. The predicted octanol–water partition coefficient (Wildman–Crippen LogP) is 1.15. The van der Waals surface area contributed by atoms with Crippen LogP contribution in [-0.2, 0) is 6.42 Å². The van der Waals surface area contributed by atoms with Gasteiger partial charge in [-0.15, -0.1) is 0 Å². The van der Waals surface area contributed by atoms with Crippen LogP contribution in [0.15, 0.2) is 27.8 Å². The van der Waals surface area contributed by atoms with Gasteiger partial charge in [0.15, 0.2) is 0 Å². The lowest BCUT2D eigenvalue weighted by Crippen LogP contribution is -2.29. The monoisotopic (exact) mass is 315 g/mol. The molecule has 2 aromatic rings. The molecule has 3 rings (SSSR count). The van der Waals surface area contributed by atoms with E-state index in [2.05, 4.69) is 15.3 Å². The summed E-state index contributed by atoms with van der Waals surface area (Å²) in [7, 11) is 0. The number of H-pyrrole nitrogens is 2. The molecule has 0 saturated carbocycles. The normalized spacial score (nSPS) is 12.3. The standard InChI is InChI=1S/C16H17N3O4/c1-8(2)7-17-13(20)9-3-4-12-10(5-9)6-11-14(21)18-16(22)19-15(11)23-12/h3-5,8H,6-7H2,1-2H3,(H,17,20)(H2,18,19,21,22). The minimum Gasteiger partial charge on any atom is -0.440 e. The maximum Gasteiger partial charge on any atom is 0.328 e. The fourth-order valence-corrected chi connectivity index (χ4v) is 2.40. The average Bonchev–Trinajstić information content (AvgIpc) is 2.50. The van der Waals surface area contributed by atoms with Crippen LogP contribution in [0.25, 0.3) is 0 Å². The fraction of sp³-hybridized carbons (Fsp3) is 0.312. The summed E-state index contributed by atoms with van der Waals surface area (Å²) in [6, 6.07) is 5.03. The summed E-state index contributed by atoms with van der Waals surface area (Å²) in [6.45, 7) is 4.63. The molecule has 1 aromatic heterocycles. The number of hydrogen-bond acceptors (Lipinski definition) is 4. The Labute approximate surface area is 131 Å². The number of ether oxygens (including phenoxy) is 1. The maximum absolute atomic E-state index is 12.1. The van der Waals surface area contributed by atoms with Gasteiger partial charge in [0.2, 0.25) is 5.88 Å². The van der Waals surface area contributed by atoms with Crippen molar-refractivity contribution in [3.63, 3.8) is 0 Å². The molecule has 7 heteroatoms. The van der Waals surface area contributed by atoms with Crippen molar-refractivity contribution in [3.8, 4) is 11.6 Å². The highest BCUT2D eigenvalue weighted by atomic mass is 16.5. The van der Waals surface area contributed by atoms with Crippen LogP contribution in [0.4, 0.5) is 0 Å². The molecule has 2 heterocycles. The van der Waals surface area contributed by atoms with Gasteiger partial charge in [0.05, 0.1) is 5.56 Å². The van der Waals surface area contributed by atoms with Crippen molar-refractivity contribution in [2.45, 2.75) is 20.3 Å². The lowest BCUT2D eigenvalue weighted by Gasteiger charge is -2.19. The molecule has 1 aliphatic heterocycles. The summed E-state index contributed by atoms with van der Waals surface area (Å²) >= 11 is 0. The smallest absolute Gasteiger partial charge is 0.328 e. The molecule has 0 atom stereocenters. The van der Waals surface area contributed by atoms with Crippen molar-refractivity contribution >= 4 is 5.91 Å². The fourth-order valence-electron chi connectivity index (χ4n) is 2.40. The van der Waals surface area contributed by atoms with E-state index in [1.165, 1.54) is 0 Å². The van der Waals surface area contributed by atoms with Gasteiger partial charge in [0, 0.05) is 24.1 Å². The van der Waals surface area contributed by atoms with E-state index >= 15 is 0 Å². The van der Waals surface area contributed by atoms with Gasteiger partial charge in [-0.05, 0) is 24.1 Å². The first-order chi connectivity index (χ1) is 10.9. The predicted molar refractivity (Wildman–Crippen MR) is 84.2 cm³/mol. The number of nitrogens with one attached hydrogen (secondary N) is 3. The zero-order chi connectivity index (χ0) is 16.6. The molecular weight excluding hydrogens is 298 g/mol. The lowest BCUT2D eigenvalue weighted by molar-refractivity contribution is 0.0949. The molecule has 3 N–H and O–H groups in total. The summed E-state index contributed by atoms with van der Waals surface area (Å²) in [6.07, 6.45) is 0.294. The number of carbonyl (C=O) groups excluding carboxylic acids is 1. The first kappa shape index (κ1) is 15.1. The Morgan fingerprint density at radius 1 is 1.30 bits per heavy atom. The quantitative estimate of drug-likeness (QED) is 0.674. The molecule has 0 radical (unpaired) electrons. The van der Waals surface area contributed by atoms with Crippen LogP contribution in [0.1, 0.15) is 35.3 Å². The number of hydrogen-bond donors (Lipinski definition) is 3. The molecule has 7 nitrogen and oxygen atoms in total. The van der Waals surface area contributed by atoms with Crippen LogP contribution in [0, 0.1) is 5.92 Å². The van der Waals surface area contributed by atoms with Crippen molar-refractivity contribution in [1.29, 1.82) is 0 Å². The lowest BCUT2D eigenvalue weighted by atomic mass is 10.0. The Morgan fingerprint density at radius 2 is 2.09 bits per heavy atom. The second-order valence-corrected chi connectivity index (χ2v) is 5.92. The third kappa shape index (κ3) is 3.03. The van der Waals surface area contributed by atoms with E-state index in [1.54, 1.807) is 18.2 Å². The highest BCUT2D eigenvalue weighted by molar-refractivity contribution is 5.94. The number of rotatable bonds is 3. The van der Waals surface area contributed by atoms with Crippen molar-refractivity contribution < 1.29 is 9.53 Å². The van der Waals surface area contributed by atoms with E-state index in [9.17, 15) is 14.4 Å². The molecule has 0 bridgehead atoms. The molecule has 0 fully saturated rings. The number of aromatic amines is 2. The van der Waals surface area contributed by atoms with E-state index in [-0.39, 0.29) is 11.8 Å². The molecule has 1 amide bonds. The first-order valence-corrected chi connectivity index (χ1v) is 7.38. The van der Waals surface area contributed by atoms with Crippen molar-refractivity contribution in [1.82, 2.24) is 15.3 Å². The van der Waals surface area contributed by atoms with E-state index in [0.717, 1.165) is 5.56 Å². The van der Waals surface area contributed by atoms with E-state index in [4.69, 9.17) is 4.74 Å². The molecular formula is C16H17N3O4. The Morgan fingerprint density at radius 3 is 2.83 bits per heavy atom. The van der Waals surface area contributed by atoms with Crippen LogP contribution in [0.3, 0.4) is 0 Å². The van der Waals surface area contributed by atoms with Gasteiger partial charge < -0.3 is 10.1 Å². The zero-order valence-corrected chi connectivity index (χ0v) is 12.9. The molecule has 1 aliphatic rings. The summed E-state index contributed by atoms with van der Waals surface area (Å²) in [4.78, 5) is 39.9. The highest BCUT2D eigenvalue weighted by Gasteiger charge is 2.22. The molecule has 120 valence electrons. The van der Waals surface area contributed by atoms with Gasteiger partial charge in [0.25, 0.3) is 11.5 Å². The largest absolute Gasteiger partial charge is 0.440 e. The Balaban J connectivity index is 1.90. The van der Waals surface area contributed by atoms with Gasteiger partial charge in [0.1, 0.15) is 5.75 Å². The number of amides is 1. The van der Waals surface area contributed by atoms with Crippen LogP contribution in [0.5, 0.6) is 11.6 Å². The molecule has 0 spiro atoms. The van der Waals surface area contributed by atoms with Gasteiger partial charge in [-0.2, -0.15) is 0 Å². The Kier molecular flexibility index (Phi) is 3.77. The topological polar surface area (TPSA) is 104 Å². The van der Waals surface area contributed by atoms with Crippen LogP contribution in [0.2, 0.25) is 0 Å². The van der Waals surface area contributed by atoms with Crippen molar-refractivity contribution in [3.05, 3.63) is 55.7 Å². The van der Waals surface area contributed by atoms with Crippen molar-refractivity contribution in [2.24, 2.45) is 5.92 Å². The summed E-state index contributed by atoms with van der Waals surface area (Å²) in [5.74, 6) is 0.882. The molecule has 23 heavy (non-hydrogen) atoms. The van der Waals surface area contributed by atoms with Gasteiger partial charge >= 0.3 is 5.69 Å². The van der Waals surface area contributed by atoms with Crippen LogP contribution >= 0.6 is 0 Å². The SMILES string of the molecule is CC(C)CNC(=O)c1ccc2c(c1)Cc1c([nH]c(=O)[nH]c1=O)O2. The first-order valence-electron chi connectivity index (χ1n) is 7.38. The van der Waals surface area contributed by atoms with Crippen LogP contribution < -0.4 is 21.3 Å². The number of fused-ring (bicyclic) bond motifs is 2. The third-order valence-corrected chi connectivity index (χ3v) is 3.58. The average molecular weight is 315 g/mol. The van der Waals surface area contributed by atoms with Gasteiger partial charge in [-0.3, -0.25) is 19.6 Å². The summed E-state index contributed by atoms with van der Waals surface area (Å²) in [5, 5.41) is 2.85. The van der Waals surface area contributed by atoms with Gasteiger partial charge in [-0.1, -0.05) is 13.8 Å². The van der Waals surface area contributed by atoms with Gasteiger partial charge in [-0.25, -0.2) is 4.79 Å². The summed E-state index contributed by atoms with van der Waals surface area (Å²) in [5.41, 5.74) is 0.493. The third-order valence-electron chi connectivity index (χ3n) is 3.58. The Bertz CT molecular complexity index is 880. The summed E-state index contributed by atoms with van der Waals surface area (Å²) < 4.78 is 5.56. The van der Waals surface area contributed by atoms with E-state index < -0.39 is 11.2 Å². The van der Waals surface area contributed by atoms with Crippen LogP contribution in [-0.4, -0.2) is 22.4 Å². The van der Waals surface area contributed by atoms with E-state index in [0.29, 0.717) is 35.8 Å². The molecule has 0 aliphatic carbocycles. The maximum atomic E-state index is 12.1. The van der Waals surface area contributed by atoms with E-state index in [1.807, 2.05) is 13.8 Å². The number of benzene rings is 1. The van der Waals surface area contributed by atoms with Crippen molar-refractivity contribution in [2.75, 3.05) is 6.54 Å². The minimum absolute atomic E-state index is 0.156. The molecule has 0 unspecified atom stereocenters. The zero-order valence-electron chi connectivity index (χ0n) is 12.9. The molecule has 1 aromatic carbocycles. The Hall–Kier alpha value is -2.83. The molecule has 0 saturated heterocycles.